The highest BCUT2D eigenvalue weighted by Gasteiger charge is 2.41. The number of benzene rings is 2. The summed E-state index contributed by atoms with van der Waals surface area (Å²) in [7, 11) is 6.09. The van der Waals surface area contributed by atoms with Crippen molar-refractivity contribution in [2.45, 2.75) is 31.8 Å². The van der Waals surface area contributed by atoms with E-state index in [0.29, 0.717) is 6.04 Å². The first-order valence-electron chi connectivity index (χ1n) is 11.2. The first-order valence-corrected chi connectivity index (χ1v) is 11.2. The van der Waals surface area contributed by atoms with Crippen LogP contribution < -0.4 is 5.32 Å². The molecular formula is C25H35N5O. The third kappa shape index (κ3) is 5.45. The highest BCUT2D eigenvalue weighted by Crippen LogP contribution is 2.25. The number of hydrogen-bond donors (Lipinski definition) is 1. The number of likely N-dealkylation sites (tertiary alicyclic amines) is 1. The molecule has 2 atom stereocenters. The standard InChI is InChI=1S/C25H35N5O/c1-26-25(27-15-21-11-7-8-12-22(21)17-28(2)3)30-18-23-24(19-30)31-14-13-29(23)16-20-9-5-4-6-10-20/h4-12,23-24H,13-19H2,1-3H3,(H,26,27). The van der Waals surface area contributed by atoms with Crippen molar-refractivity contribution < 1.29 is 4.74 Å². The lowest BCUT2D eigenvalue weighted by molar-refractivity contribution is -0.0502. The van der Waals surface area contributed by atoms with E-state index in [1.165, 1.54) is 16.7 Å². The summed E-state index contributed by atoms with van der Waals surface area (Å²) in [6, 6.07) is 19.8. The van der Waals surface area contributed by atoms with E-state index >= 15 is 0 Å². The minimum atomic E-state index is 0.233. The zero-order chi connectivity index (χ0) is 21.6. The molecule has 0 radical (unpaired) electrons. The van der Waals surface area contributed by atoms with Crippen molar-refractivity contribution >= 4 is 5.96 Å². The van der Waals surface area contributed by atoms with Crippen molar-refractivity contribution in [3.63, 3.8) is 0 Å². The molecule has 0 amide bonds. The van der Waals surface area contributed by atoms with Crippen LogP contribution in [0.2, 0.25) is 0 Å². The molecule has 0 aliphatic carbocycles. The van der Waals surface area contributed by atoms with Gasteiger partial charge in [-0.05, 0) is 30.8 Å². The largest absolute Gasteiger partial charge is 0.373 e. The van der Waals surface area contributed by atoms with Gasteiger partial charge in [0.1, 0.15) is 0 Å². The summed E-state index contributed by atoms with van der Waals surface area (Å²) in [6.07, 6.45) is 0.233. The van der Waals surface area contributed by atoms with Gasteiger partial charge < -0.3 is 19.9 Å². The molecule has 0 spiro atoms. The van der Waals surface area contributed by atoms with E-state index in [1.807, 2.05) is 7.05 Å². The molecule has 1 N–H and O–H groups in total. The molecule has 2 heterocycles. The Morgan fingerprint density at radius 2 is 1.81 bits per heavy atom. The van der Waals surface area contributed by atoms with Gasteiger partial charge in [0.25, 0.3) is 0 Å². The van der Waals surface area contributed by atoms with Gasteiger partial charge in [-0.25, -0.2) is 0 Å². The van der Waals surface area contributed by atoms with Crippen LogP contribution >= 0.6 is 0 Å². The molecule has 2 fully saturated rings. The van der Waals surface area contributed by atoms with E-state index in [2.05, 4.69) is 93.7 Å². The minimum absolute atomic E-state index is 0.233. The number of ether oxygens (including phenoxy) is 1. The Morgan fingerprint density at radius 1 is 1.06 bits per heavy atom. The van der Waals surface area contributed by atoms with Crippen LogP contribution in [-0.4, -0.2) is 80.2 Å². The van der Waals surface area contributed by atoms with Crippen LogP contribution in [0.3, 0.4) is 0 Å². The number of nitrogens with zero attached hydrogens (tertiary/aromatic N) is 4. The summed E-state index contributed by atoms with van der Waals surface area (Å²) in [5.41, 5.74) is 4.03. The van der Waals surface area contributed by atoms with Crippen molar-refractivity contribution in [1.82, 2.24) is 20.0 Å². The van der Waals surface area contributed by atoms with Gasteiger partial charge in [-0.2, -0.15) is 0 Å². The predicted octanol–water partition coefficient (Wildman–Crippen LogP) is 2.41. The molecule has 6 heteroatoms. The van der Waals surface area contributed by atoms with Gasteiger partial charge in [0.2, 0.25) is 0 Å². The second-order valence-electron chi connectivity index (χ2n) is 8.74. The van der Waals surface area contributed by atoms with Crippen LogP contribution in [0.5, 0.6) is 0 Å². The predicted molar refractivity (Wildman–Crippen MR) is 126 cm³/mol. The molecule has 0 aromatic heterocycles. The Labute approximate surface area is 186 Å². The Morgan fingerprint density at radius 3 is 2.55 bits per heavy atom. The molecule has 2 aliphatic rings. The van der Waals surface area contributed by atoms with Gasteiger partial charge >= 0.3 is 0 Å². The smallest absolute Gasteiger partial charge is 0.194 e. The fourth-order valence-corrected chi connectivity index (χ4v) is 4.68. The Kier molecular flexibility index (Phi) is 7.22. The lowest BCUT2D eigenvalue weighted by Gasteiger charge is -2.36. The summed E-state index contributed by atoms with van der Waals surface area (Å²) in [4.78, 5) is 11.7. The normalized spacial score (nSPS) is 22.1. The van der Waals surface area contributed by atoms with E-state index in [-0.39, 0.29) is 6.10 Å². The van der Waals surface area contributed by atoms with Crippen molar-refractivity contribution in [3.05, 3.63) is 71.3 Å². The van der Waals surface area contributed by atoms with Gasteiger partial charge in [0.15, 0.2) is 5.96 Å². The molecule has 0 saturated carbocycles. The summed E-state index contributed by atoms with van der Waals surface area (Å²) in [5.74, 6) is 0.956. The topological polar surface area (TPSA) is 43.3 Å². The van der Waals surface area contributed by atoms with Crippen molar-refractivity contribution in [2.24, 2.45) is 4.99 Å². The molecule has 2 aromatic rings. The van der Waals surface area contributed by atoms with Crippen molar-refractivity contribution in [1.29, 1.82) is 0 Å². The summed E-state index contributed by atoms with van der Waals surface area (Å²) < 4.78 is 6.15. The number of guanidine groups is 1. The molecule has 166 valence electrons. The van der Waals surface area contributed by atoms with Gasteiger partial charge in [-0.3, -0.25) is 9.89 Å². The molecule has 0 bridgehead atoms. The zero-order valence-corrected chi connectivity index (χ0v) is 19.0. The van der Waals surface area contributed by atoms with E-state index in [1.54, 1.807) is 0 Å². The quantitative estimate of drug-likeness (QED) is 0.573. The lowest BCUT2D eigenvalue weighted by Crippen LogP contribution is -2.50. The number of fused-ring (bicyclic) bond motifs is 1. The number of hydrogen-bond acceptors (Lipinski definition) is 4. The van der Waals surface area contributed by atoms with Gasteiger partial charge in [-0.1, -0.05) is 54.6 Å². The lowest BCUT2D eigenvalue weighted by atomic mass is 10.1. The summed E-state index contributed by atoms with van der Waals surface area (Å²) in [6.45, 7) is 6.29. The van der Waals surface area contributed by atoms with Crippen LogP contribution in [0.25, 0.3) is 0 Å². The average Bonchev–Trinajstić information content (AvgIpc) is 3.21. The highest BCUT2D eigenvalue weighted by atomic mass is 16.5. The fourth-order valence-electron chi connectivity index (χ4n) is 4.68. The average molecular weight is 422 g/mol. The monoisotopic (exact) mass is 421 g/mol. The maximum absolute atomic E-state index is 6.15. The van der Waals surface area contributed by atoms with E-state index in [0.717, 1.165) is 51.8 Å². The number of aliphatic imine (C=N–C) groups is 1. The molecule has 2 aliphatic heterocycles. The van der Waals surface area contributed by atoms with Gasteiger partial charge in [0.05, 0.1) is 18.8 Å². The first-order chi connectivity index (χ1) is 15.1. The molecule has 4 rings (SSSR count). The fraction of sp³-hybridized carbons (Fsp3) is 0.480. The second kappa shape index (κ2) is 10.3. The Hall–Kier alpha value is -2.41. The SMILES string of the molecule is CN=C(NCc1ccccc1CN(C)C)N1CC2OCCN(Cc3ccccc3)C2C1. The Balaban J connectivity index is 1.39. The minimum Gasteiger partial charge on any atom is -0.373 e. The third-order valence-corrected chi connectivity index (χ3v) is 6.20. The molecule has 31 heavy (non-hydrogen) atoms. The van der Waals surface area contributed by atoms with Crippen molar-refractivity contribution in [2.75, 3.05) is 47.4 Å². The molecule has 2 aromatic carbocycles. The number of morpholine rings is 1. The van der Waals surface area contributed by atoms with Crippen LogP contribution in [0.4, 0.5) is 0 Å². The maximum atomic E-state index is 6.15. The summed E-state index contributed by atoms with van der Waals surface area (Å²) in [5, 5.41) is 3.60. The third-order valence-electron chi connectivity index (χ3n) is 6.20. The first kappa shape index (κ1) is 21.8. The van der Waals surface area contributed by atoms with Crippen molar-refractivity contribution in [3.8, 4) is 0 Å². The molecular weight excluding hydrogens is 386 g/mol. The zero-order valence-electron chi connectivity index (χ0n) is 19.0. The summed E-state index contributed by atoms with van der Waals surface area (Å²) >= 11 is 0. The maximum Gasteiger partial charge on any atom is 0.194 e. The number of rotatable bonds is 6. The van der Waals surface area contributed by atoms with Gasteiger partial charge in [-0.15, -0.1) is 0 Å². The van der Waals surface area contributed by atoms with Crippen LogP contribution in [0.1, 0.15) is 16.7 Å². The molecule has 2 saturated heterocycles. The van der Waals surface area contributed by atoms with Crippen LogP contribution in [0.15, 0.2) is 59.6 Å². The van der Waals surface area contributed by atoms with Gasteiger partial charge in [0, 0.05) is 46.3 Å². The number of nitrogens with one attached hydrogen (secondary N) is 1. The van der Waals surface area contributed by atoms with E-state index in [9.17, 15) is 0 Å². The second-order valence-corrected chi connectivity index (χ2v) is 8.74. The van der Waals surface area contributed by atoms with E-state index in [4.69, 9.17) is 4.74 Å². The highest BCUT2D eigenvalue weighted by molar-refractivity contribution is 5.80. The molecule has 6 nitrogen and oxygen atoms in total. The molecule has 2 unspecified atom stereocenters. The van der Waals surface area contributed by atoms with E-state index < -0.39 is 0 Å². The van der Waals surface area contributed by atoms with Crippen LogP contribution in [0, 0.1) is 0 Å². The van der Waals surface area contributed by atoms with Crippen LogP contribution in [-0.2, 0) is 24.4 Å². The Bertz CT molecular complexity index is 869.